The number of imidazole rings is 2. The van der Waals surface area contributed by atoms with Crippen molar-refractivity contribution in [3.8, 4) is 0 Å². The Labute approximate surface area is 433 Å². The highest BCUT2D eigenvalue weighted by molar-refractivity contribution is 5.87. The number of methoxy groups -OCH3 is 2. The fourth-order valence-electron chi connectivity index (χ4n) is 12.3. The Morgan fingerprint density at radius 2 is 1.14 bits per heavy atom. The maximum absolute atomic E-state index is 14.0. The quantitative estimate of drug-likeness (QED) is 0.0820. The lowest BCUT2D eigenvalue weighted by molar-refractivity contribution is -0.136. The summed E-state index contributed by atoms with van der Waals surface area (Å²) in [5.41, 5.74) is 9.86. The molecular formula is C58H72N10O6. The molecule has 0 spiro atoms. The van der Waals surface area contributed by atoms with E-state index in [1.165, 1.54) is 42.3 Å². The van der Waals surface area contributed by atoms with E-state index in [0.717, 1.165) is 105 Å². The number of rotatable bonds is 14. The van der Waals surface area contributed by atoms with Crippen molar-refractivity contribution >= 4 is 57.4 Å². The van der Waals surface area contributed by atoms with Crippen molar-refractivity contribution in [2.24, 2.45) is 11.8 Å². The number of hydrogen-bond acceptors (Lipinski definition) is 10. The van der Waals surface area contributed by atoms with E-state index in [1.807, 2.05) is 37.5 Å². The molecule has 4 aliphatic heterocycles. The first-order valence-corrected chi connectivity index (χ1v) is 26.8. The Morgan fingerprint density at radius 1 is 0.595 bits per heavy atom. The number of amides is 4. The Kier molecular flexibility index (Phi) is 14.8. The Balaban J connectivity index is 0.909. The van der Waals surface area contributed by atoms with Crippen LogP contribution >= 0.6 is 0 Å². The van der Waals surface area contributed by atoms with Crippen LogP contribution in [-0.4, -0.2) is 112 Å². The summed E-state index contributed by atoms with van der Waals surface area (Å²) < 4.78 is 9.71. The monoisotopic (exact) mass is 1000 g/mol. The summed E-state index contributed by atoms with van der Waals surface area (Å²) in [6.07, 6.45) is 7.05. The number of aromatic nitrogens is 4. The molecule has 4 amide bonds. The highest BCUT2D eigenvalue weighted by Crippen LogP contribution is 2.44. The zero-order valence-corrected chi connectivity index (χ0v) is 43.7. The van der Waals surface area contributed by atoms with E-state index in [2.05, 4.69) is 121 Å². The van der Waals surface area contributed by atoms with Gasteiger partial charge < -0.3 is 49.7 Å². The third-order valence-corrected chi connectivity index (χ3v) is 16.2. The van der Waals surface area contributed by atoms with Gasteiger partial charge in [-0.1, -0.05) is 70.2 Å². The van der Waals surface area contributed by atoms with Gasteiger partial charge in [0.15, 0.2) is 0 Å². The van der Waals surface area contributed by atoms with Crippen LogP contribution in [0.2, 0.25) is 0 Å². The number of anilines is 2. The van der Waals surface area contributed by atoms with Crippen molar-refractivity contribution in [1.82, 2.24) is 40.4 Å². The number of carbonyl (C=O) groups is 4. The van der Waals surface area contributed by atoms with Crippen molar-refractivity contribution in [3.63, 3.8) is 0 Å². The van der Waals surface area contributed by atoms with Crippen molar-refractivity contribution in [2.75, 3.05) is 50.2 Å². The molecule has 390 valence electrons. The third kappa shape index (κ3) is 10.4. The first-order valence-electron chi connectivity index (χ1n) is 26.8. The molecule has 2 aromatic heterocycles. The second-order valence-electron chi connectivity index (χ2n) is 21.5. The normalized spacial score (nSPS) is 21.2. The van der Waals surface area contributed by atoms with E-state index >= 15 is 0 Å². The van der Waals surface area contributed by atoms with Crippen molar-refractivity contribution in [1.29, 1.82) is 0 Å². The summed E-state index contributed by atoms with van der Waals surface area (Å²) in [5, 5.41) is 5.51. The molecule has 4 saturated heterocycles. The molecule has 6 atom stereocenters. The Morgan fingerprint density at radius 3 is 1.69 bits per heavy atom. The summed E-state index contributed by atoms with van der Waals surface area (Å²) in [5.74, 6) is 1.60. The number of nitrogens with zero attached hydrogens (tertiary/aromatic N) is 6. The molecule has 4 aromatic carbocycles. The molecule has 0 saturated carbocycles. The molecule has 4 fully saturated rings. The van der Waals surface area contributed by atoms with E-state index in [9.17, 15) is 19.2 Å². The van der Waals surface area contributed by atoms with Gasteiger partial charge >= 0.3 is 12.2 Å². The first kappa shape index (κ1) is 50.4. The number of ether oxygens (including phenoxy) is 2. The van der Waals surface area contributed by atoms with E-state index < -0.39 is 24.3 Å². The van der Waals surface area contributed by atoms with Crippen molar-refractivity contribution in [2.45, 2.75) is 128 Å². The maximum Gasteiger partial charge on any atom is 0.407 e. The van der Waals surface area contributed by atoms with Gasteiger partial charge in [0.05, 0.1) is 54.4 Å². The molecule has 4 N–H and O–H groups in total. The van der Waals surface area contributed by atoms with Gasteiger partial charge in [0.2, 0.25) is 11.8 Å². The predicted molar refractivity (Wildman–Crippen MR) is 287 cm³/mol. The molecule has 0 aliphatic carbocycles. The van der Waals surface area contributed by atoms with Crippen LogP contribution in [0, 0.1) is 11.8 Å². The summed E-state index contributed by atoms with van der Waals surface area (Å²) in [4.78, 5) is 78.6. The van der Waals surface area contributed by atoms with Crippen LogP contribution in [0.5, 0.6) is 0 Å². The van der Waals surface area contributed by atoms with Gasteiger partial charge in [-0.15, -0.1) is 0 Å². The number of carbonyl (C=O) groups excluding carboxylic acids is 4. The smallest absolute Gasteiger partial charge is 0.407 e. The molecule has 74 heavy (non-hydrogen) atoms. The third-order valence-electron chi connectivity index (χ3n) is 16.2. The average molecular weight is 1010 g/mol. The number of fused-ring (bicyclic) bond motifs is 2. The summed E-state index contributed by atoms with van der Waals surface area (Å²) >= 11 is 0. The number of alkyl carbamates (subject to hydrolysis) is 2. The molecular weight excluding hydrogens is 933 g/mol. The van der Waals surface area contributed by atoms with Crippen LogP contribution in [0.15, 0.2) is 91.0 Å². The zero-order valence-electron chi connectivity index (χ0n) is 43.7. The molecule has 4 aliphatic rings. The first-order chi connectivity index (χ1) is 35.9. The lowest BCUT2D eigenvalue weighted by Crippen LogP contribution is -2.51. The van der Waals surface area contributed by atoms with Crippen LogP contribution in [-0.2, 0) is 25.5 Å². The minimum absolute atomic E-state index is 0.0982. The number of hydrogen-bond donors (Lipinski definition) is 4. The second-order valence-corrected chi connectivity index (χ2v) is 21.5. The Hall–Kier alpha value is -7.10. The van der Waals surface area contributed by atoms with Crippen molar-refractivity contribution < 1.29 is 28.7 Å². The number of nitrogens with one attached hydrogen (secondary N) is 4. The van der Waals surface area contributed by atoms with E-state index in [4.69, 9.17) is 19.4 Å². The number of H-pyrrole nitrogens is 2. The van der Waals surface area contributed by atoms with Crippen LogP contribution < -0.4 is 20.4 Å². The second kappa shape index (κ2) is 21.8. The minimum Gasteiger partial charge on any atom is -0.453 e. The molecule has 1 unspecified atom stereocenters. The number of aromatic amines is 2. The summed E-state index contributed by atoms with van der Waals surface area (Å²) in [6.45, 7) is 10.9. The van der Waals surface area contributed by atoms with Gasteiger partial charge in [-0.25, -0.2) is 19.6 Å². The van der Waals surface area contributed by atoms with E-state index in [0.29, 0.717) is 19.0 Å². The van der Waals surface area contributed by atoms with Gasteiger partial charge in [-0.3, -0.25) is 9.59 Å². The molecule has 6 aromatic rings. The van der Waals surface area contributed by atoms with Crippen LogP contribution in [0.3, 0.4) is 0 Å². The lowest BCUT2D eigenvalue weighted by Gasteiger charge is -2.35. The minimum atomic E-state index is -0.706. The fraction of sp³-hybridized carbons (Fsp3) is 0.483. The number of piperidine rings is 1. The topological polar surface area (TPSA) is 181 Å². The molecule has 0 bridgehead atoms. The predicted octanol–water partition coefficient (Wildman–Crippen LogP) is 9.86. The SMILES string of the molecule is COC(=O)N[C@H](C(=O)N1CCC[C@H]1c1nc2ccc(CC3CC[C@H](c4ccc5nc([C@@H]6CCCN6C(=O)[C@@H](NC(=O)OC)C(C)C)[nH]c5c4)N3c3ccc(N4CCC(c5ccccc5)CC4)cc3)cc2[nH]1)C(C)C. The number of benzene rings is 4. The highest BCUT2D eigenvalue weighted by atomic mass is 16.5. The van der Waals surface area contributed by atoms with Crippen molar-refractivity contribution in [3.05, 3.63) is 119 Å². The molecule has 6 heterocycles. The van der Waals surface area contributed by atoms with Gasteiger partial charge in [0.1, 0.15) is 23.7 Å². The van der Waals surface area contributed by atoms with Gasteiger partial charge in [0.25, 0.3) is 0 Å². The van der Waals surface area contributed by atoms with Crippen LogP contribution in [0.25, 0.3) is 22.1 Å². The van der Waals surface area contributed by atoms with Crippen LogP contribution in [0.4, 0.5) is 21.0 Å². The highest BCUT2D eigenvalue weighted by Gasteiger charge is 2.40. The average Bonchev–Trinajstić information content (AvgIpc) is 4.29. The molecule has 0 radical (unpaired) electrons. The number of likely N-dealkylation sites (tertiary alicyclic amines) is 2. The molecule has 10 rings (SSSR count). The summed E-state index contributed by atoms with van der Waals surface area (Å²) in [7, 11) is 2.62. The van der Waals surface area contributed by atoms with Gasteiger partial charge in [0, 0.05) is 43.6 Å². The zero-order chi connectivity index (χ0) is 51.6. The fourth-order valence-corrected chi connectivity index (χ4v) is 12.3. The standard InChI is InChI=1S/C58H72N10O6/c1-35(2)51(63-57(71)73-5)55(69)66-28-10-14-49(66)53-59-44-23-16-37(33-46(44)61-53)32-43-22-25-48(68(43)42-20-18-41(19-21-42)65-30-26-39(27-31-65)38-12-8-7-9-13-38)40-17-24-45-47(34-40)62-54(60-45)50-15-11-29-67(50)56(70)52(36(3)4)64-58(72)74-6/h7-9,12-13,16-21,23-24,33-36,39,43,48-52H,10-11,14-15,22,25-32H2,1-6H3,(H,59,61)(H,60,62)(H,63,71)(H,64,72)/t43?,48-,49+,50+,51+,52+/m1/s1. The maximum atomic E-state index is 14.0. The molecule has 16 nitrogen and oxygen atoms in total. The van der Waals surface area contributed by atoms with Gasteiger partial charge in [-0.05, 0) is 141 Å². The molecule has 16 heteroatoms. The largest absolute Gasteiger partial charge is 0.453 e. The summed E-state index contributed by atoms with van der Waals surface area (Å²) in [6, 6.07) is 31.7. The lowest BCUT2D eigenvalue weighted by atomic mass is 9.89. The van der Waals surface area contributed by atoms with E-state index in [1.54, 1.807) is 0 Å². The Bertz CT molecular complexity index is 2950. The van der Waals surface area contributed by atoms with Gasteiger partial charge in [-0.2, -0.15) is 0 Å². The van der Waals surface area contributed by atoms with Crippen LogP contribution in [0.1, 0.15) is 131 Å². The van der Waals surface area contributed by atoms with E-state index in [-0.39, 0.29) is 47.8 Å².